The smallest absolute Gasteiger partial charge is 0.423 e. The predicted molar refractivity (Wildman–Crippen MR) is 82.7 cm³/mol. The standard InChI is InChI=1S/C16H13BN2O2/c20-17(21)14-6-4-12(5-7-14)13-8-10-19-16(11-13)15-3-1-2-9-18-15/h1-11,20-21H. The molecular formula is C16H13BN2O2. The van der Waals surface area contributed by atoms with Crippen molar-refractivity contribution in [2.45, 2.75) is 0 Å². The third-order valence-corrected chi connectivity index (χ3v) is 3.23. The van der Waals surface area contributed by atoms with E-state index in [4.69, 9.17) is 10.0 Å². The van der Waals surface area contributed by atoms with Crippen molar-refractivity contribution in [2.75, 3.05) is 0 Å². The molecule has 102 valence electrons. The highest BCUT2D eigenvalue weighted by molar-refractivity contribution is 6.58. The molecule has 5 heteroatoms. The predicted octanol–water partition coefficient (Wildman–Crippen LogP) is 1.49. The molecule has 21 heavy (non-hydrogen) atoms. The molecule has 0 atom stereocenters. The van der Waals surface area contributed by atoms with Crippen LogP contribution in [0.15, 0.2) is 67.0 Å². The molecule has 1 aromatic carbocycles. The average molecular weight is 276 g/mol. The van der Waals surface area contributed by atoms with Crippen LogP contribution in [0.3, 0.4) is 0 Å². The van der Waals surface area contributed by atoms with Crippen LogP contribution in [0.1, 0.15) is 0 Å². The number of aromatic nitrogens is 2. The van der Waals surface area contributed by atoms with Crippen LogP contribution >= 0.6 is 0 Å². The van der Waals surface area contributed by atoms with Crippen molar-refractivity contribution < 1.29 is 10.0 Å². The molecule has 2 N–H and O–H groups in total. The Morgan fingerprint density at radius 1 is 0.714 bits per heavy atom. The van der Waals surface area contributed by atoms with Gasteiger partial charge in [0.2, 0.25) is 0 Å². The van der Waals surface area contributed by atoms with Gasteiger partial charge in [0.25, 0.3) is 0 Å². The topological polar surface area (TPSA) is 66.2 Å². The van der Waals surface area contributed by atoms with Crippen LogP contribution < -0.4 is 5.46 Å². The van der Waals surface area contributed by atoms with Crippen molar-refractivity contribution in [3.63, 3.8) is 0 Å². The first kappa shape index (κ1) is 13.5. The van der Waals surface area contributed by atoms with Gasteiger partial charge in [-0.05, 0) is 40.9 Å². The second-order valence-electron chi connectivity index (χ2n) is 4.64. The zero-order valence-electron chi connectivity index (χ0n) is 11.2. The Hall–Kier alpha value is -2.50. The van der Waals surface area contributed by atoms with Gasteiger partial charge >= 0.3 is 7.12 Å². The van der Waals surface area contributed by atoms with Crippen LogP contribution in [0.5, 0.6) is 0 Å². The van der Waals surface area contributed by atoms with Gasteiger partial charge in [-0.1, -0.05) is 30.3 Å². The van der Waals surface area contributed by atoms with Crippen molar-refractivity contribution >= 4 is 12.6 Å². The van der Waals surface area contributed by atoms with Crippen molar-refractivity contribution in [3.05, 3.63) is 67.0 Å². The highest BCUT2D eigenvalue weighted by Crippen LogP contribution is 2.22. The second-order valence-corrected chi connectivity index (χ2v) is 4.64. The fraction of sp³-hybridized carbons (Fsp3) is 0. The molecule has 2 heterocycles. The number of benzene rings is 1. The van der Waals surface area contributed by atoms with Crippen LogP contribution in [0.2, 0.25) is 0 Å². The molecule has 3 rings (SSSR count). The molecule has 0 amide bonds. The quantitative estimate of drug-likeness (QED) is 0.711. The van der Waals surface area contributed by atoms with E-state index in [1.165, 1.54) is 0 Å². The lowest BCUT2D eigenvalue weighted by atomic mass is 9.80. The number of rotatable bonds is 3. The maximum Gasteiger partial charge on any atom is 0.488 e. The fourth-order valence-electron chi connectivity index (χ4n) is 2.11. The second kappa shape index (κ2) is 5.87. The molecule has 0 fully saturated rings. The van der Waals surface area contributed by atoms with Gasteiger partial charge in [-0.15, -0.1) is 0 Å². The first-order chi connectivity index (χ1) is 10.2. The Morgan fingerprint density at radius 2 is 1.48 bits per heavy atom. The van der Waals surface area contributed by atoms with Crippen molar-refractivity contribution in [2.24, 2.45) is 0 Å². The molecule has 0 radical (unpaired) electrons. The van der Waals surface area contributed by atoms with Crippen LogP contribution in [-0.2, 0) is 0 Å². The van der Waals surface area contributed by atoms with Gasteiger partial charge in [-0.25, -0.2) is 0 Å². The first-order valence-corrected chi connectivity index (χ1v) is 6.58. The molecule has 2 aromatic heterocycles. The lowest BCUT2D eigenvalue weighted by molar-refractivity contribution is 0.426. The maximum atomic E-state index is 9.12. The number of hydrogen-bond acceptors (Lipinski definition) is 4. The Bertz CT molecular complexity index is 731. The minimum atomic E-state index is -1.44. The van der Waals surface area contributed by atoms with E-state index < -0.39 is 7.12 Å². The van der Waals surface area contributed by atoms with Crippen molar-refractivity contribution in [1.29, 1.82) is 0 Å². The molecule has 3 aromatic rings. The summed E-state index contributed by atoms with van der Waals surface area (Å²) < 4.78 is 0. The van der Waals surface area contributed by atoms with Gasteiger partial charge in [-0.2, -0.15) is 0 Å². The summed E-state index contributed by atoms with van der Waals surface area (Å²) in [6.45, 7) is 0. The largest absolute Gasteiger partial charge is 0.488 e. The highest BCUT2D eigenvalue weighted by atomic mass is 16.4. The Labute approximate surface area is 122 Å². The van der Waals surface area contributed by atoms with Crippen LogP contribution in [0.25, 0.3) is 22.5 Å². The molecule has 0 spiro atoms. The minimum Gasteiger partial charge on any atom is -0.423 e. The van der Waals surface area contributed by atoms with E-state index >= 15 is 0 Å². The van der Waals surface area contributed by atoms with E-state index in [9.17, 15) is 0 Å². The summed E-state index contributed by atoms with van der Waals surface area (Å²) in [6, 6.07) is 16.7. The van der Waals surface area contributed by atoms with Crippen molar-refractivity contribution in [1.82, 2.24) is 9.97 Å². The lowest BCUT2D eigenvalue weighted by Gasteiger charge is -2.06. The normalized spacial score (nSPS) is 10.4. The molecule has 0 aliphatic carbocycles. The molecule has 4 nitrogen and oxygen atoms in total. The highest BCUT2D eigenvalue weighted by Gasteiger charge is 2.10. The lowest BCUT2D eigenvalue weighted by Crippen LogP contribution is -2.29. The number of nitrogens with zero attached hydrogens (tertiary/aromatic N) is 2. The summed E-state index contributed by atoms with van der Waals surface area (Å²) in [4.78, 5) is 8.63. The van der Waals surface area contributed by atoms with Gasteiger partial charge in [0, 0.05) is 12.4 Å². The van der Waals surface area contributed by atoms with Crippen LogP contribution in [0, 0.1) is 0 Å². The van der Waals surface area contributed by atoms with E-state index in [0.717, 1.165) is 22.5 Å². The summed E-state index contributed by atoms with van der Waals surface area (Å²) in [7, 11) is -1.44. The zero-order chi connectivity index (χ0) is 14.7. The van der Waals surface area contributed by atoms with E-state index in [1.807, 2.05) is 42.5 Å². The van der Waals surface area contributed by atoms with E-state index in [1.54, 1.807) is 24.5 Å². The molecule has 0 aliphatic heterocycles. The molecule has 0 saturated heterocycles. The third kappa shape index (κ3) is 2.99. The van der Waals surface area contributed by atoms with Gasteiger partial charge in [0.1, 0.15) is 0 Å². The average Bonchev–Trinajstić information content (AvgIpc) is 2.56. The minimum absolute atomic E-state index is 0.470. The van der Waals surface area contributed by atoms with E-state index in [0.29, 0.717) is 5.46 Å². The summed E-state index contributed by atoms with van der Waals surface area (Å²) in [5, 5.41) is 18.2. The van der Waals surface area contributed by atoms with Crippen molar-refractivity contribution in [3.8, 4) is 22.5 Å². The first-order valence-electron chi connectivity index (χ1n) is 6.58. The molecule has 0 saturated carbocycles. The Balaban J connectivity index is 1.96. The van der Waals surface area contributed by atoms with Gasteiger partial charge < -0.3 is 10.0 Å². The summed E-state index contributed by atoms with van der Waals surface area (Å²) in [5.41, 5.74) is 4.09. The SMILES string of the molecule is OB(O)c1ccc(-c2ccnc(-c3ccccn3)c2)cc1. The van der Waals surface area contributed by atoms with Gasteiger partial charge in [-0.3, -0.25) is 9.97 Å². The molecular weight excluding hydrogens is 263 g/mol. The number of pyridine rings is 2. The van der Waals surface area contributed by atoms with Crippen LogP contribution in [0.4, 0.5) is 0 Å². The van der Waals surface area contributed by atoms with Crippen LogP contribution in [-0.4, -0.2) is 27.1 Å². The van der Waals surface area contributed by atoms with E-state index in [2.05, 4.69) is 9.97 Å². The summed E-state index contributed by atoms with van der Waals surface area (Å²) in [5.74, 6) is 0. The summed E-state index contributed by atoms with van der Waals surface area (Å²) in [6.07, 6.45) is 3.48. The van der Waals surface area contributed by atoms with Gasteiger partial charge in [0.05, 0.1) is 11.4 Å². The molecule has 0 bridgehead atoms. The summed E-state index contributed by atoms with van der Waals surface area (Å²) >= 11 is 0. The fourth-order valence-corrected chi connectivity index (χ4v) is 2.11. The van der Waals surface area contributed by atoms with Gasteiger partial charge in [0.15, 0.2) is 0 Å². The maximum absolute atomic E-state index is 9.12. The number of hydrogen-bond donors (Lipinski definition) is 2. The zero-order valence-corrected chi connectivity index (χ0v) is 11.2. The van der Waals surface area contributed by atoms with E-state index in [-0.39, 0.29) is 0 Å². The Morgan fingerprint density at radius 3 is 2.14 bits per heavy atom. The monoisotopic (exact) mass is 276 g/mol. The molecule has 0 unspecified atom stereocenters. The third-order valence-electron chi connectivity index (χ3n) is 3.23. The Kier molecular flexibility index (Phi) is 3.77. The molecule has 0 aliphatic rings.